The van der Waals surface area contributed by atoms with E-state index in [4.69, 9.17) is 19.0 Å². The summed E-state index contributed by atoms with van der Waals surface area (Å²) < 4.78 is 67.0. The lowest BCUT2D eigenvalue weighted by Gasteiger charge is -2.16. The van der Waals surface area contributed by atoms with E-state index in [2.05, 4.69) is 78.8 Å². The minimum Gasteiger partial charge on any atom is -0.455 e. The number of rotatable bonds is 8. The van der Waals surface area contributed by atoms with E-state index in [9.17, 15) is 0 Å². The van der Waals surface area contributed by atoms with Crippen molar-refractivity contribution in [1.29, 1.82) is 0 Å². The van der Waals surface area contributed by atoms with Gasteiger partial charge in [-0.3, -0.25) is 4.98 Å². The number of hydrogen-bond donors (Lipinski definition) is 0. The van der Waals surface area contributed by atoms with Gasteiger partial charge in [0.05, 0.1) is 26.3 Å². The molecule has 3 heteroatoms. The Balaban J connectivity index is 1.21. The van der Waals surface area contributed by atoms with Crippen LogP contribution in [0.2, 0.25) is 0 Å². The first-order chi connectivity index (χ1) is 29.1. The topological polar surface area (TPSA) is 38.9 Å². The lowest BCUT2D eigenvalue weighted by atomic mass is 9.88. The largest absolute Gasteiger partial charge is 0.455 e. The summed E-state index contributed by atoms with van der Waals surface area (Å²) in [4.78, 5) is 8.98. The molecule has 9 rings (SSSR count). The van der Waals surface area contributed by atoms with Crippen molar-refractivity contribution in [2.24, 2.45) is 0 Å². The van der Waals surface area contributed by atoms with Gasteiger partial charge in [0.15, 0.2) is 0 Å². The SMILES string of the molecule is [2H]c1nc2c(c([2H])c1[2H])c([2H])c([2H])c1c([2H])c([2H])c(-c3ccc(-c4ccc(-c5c(-c6ccccc6)oc(-c6ccccc6)c5-c5ccccc5)cc4)c(C=C)c3C=C)nc12. The predicted molar refractivity (Wildman–Crippen MR) is 222 cm³/mol. The van der Waals surface area contributed by atoms with Crippen LogP contribution in [0.5, 0.6) is 0 Å². The third kappa shape index (κ3) is 5.65. The van der Waals surface area contributed by atoms with Crippen molar-refractivity contribution in [3.8, 4) is 67.3 Å². The van der Waals surface area contributed by atoms with Crippen molar-refractivity contribution in [3.63, 3.8) is 0 Å². The Morgan fingerprint density at radius 2 is 0.981 bits per heavy atom. The average Bonchev–Trinajstić information content (AvgIpc) is 3.69. The highest BCUT2D eigenvalue weighted by Gasteiger charge is 2.25. The van der Waals surface area contributed by atoms with Crippen molar-refractivity contribution in [2.75, 3.05) is 0 Å². The van der Waals surface area contributed by atoms with Crippen LogP contribution >= 0.6 is 0 Å². The van der Waals surface area contributed by atoms with Gasteiger partial charge in [-0.15, -0.1) is 0 Å². The average molecular weight is 686 g/mol. The fourth-order valence-electron chi connectivity index (χ4n) is 6.97. The van der Waals surface area contributed by atoms with Gasteiger partial charge in [-0.2, -0.15) is 0 Å². The predicted octanol–water partition coefficient (Wildman–Crippen LogP) is 13.7. The normalized spacial score (nSPS) is 13.0. The van der Waals surface area contributed by atoms with Crippen LogP contribution in [0.3, 0.4) is 0 Å². The zero-order chi connectivity index (χ0) is 41.8. The van der Waals surface area contributed by atoms with Gasteiger partial charge in [-0.1, -0.05) is 177 Å². The Bertz CT molecular complexity index is 3180. The number of fused-ring (bicyclic) bond motifs is 3. The van der Waals surface area contributed by atoms with Gasteiger partial charge in [-0.25, -0.2) is 4.98 Å². The molecule has 0 aliphatic rings. The Morgan fingerprint density at radius 3 is 1.58 bits per heavy atom. The summed E-state index contributed by atoms with van der Waals surface area (Å²) in [6.45, 7) is 8.26. The second kappa shape index (κ2) is 13.6. The number of nitrogens with zero attached hydrogens (tertiary/aromatic N) is 2. The molecular weight excluding hydrogens is 645 g/mol. The maximum Gasteiger partial charge on any atom is 0.143 e. The number of aromatic nitrogens is 2. The zero-order valence-corrected chi connectivity index (χ0v) is 28.5. The van der Waals surface area contributed by atoms with Crippen LogP contribution in [0.1, 0.15) is 20.7 Å². The summed E-state index contributed by atoms with van der Waals surface area (Å²) in [7, 11) is 0. The van der Waals surface area contributed by atoms with Crippen LogP contribution in [-0.2, 0) is 0 Å². The smallest absolute Gasteiger partial charge is 0.143 e. The molecule has 3 aromatic heterocycles. The number of pyridine rings is 2. The molecule has 0 atom stereocenters. The summed E-state index contributed by atoms with van der Waals surface area (Å²) in [5.41, 5.74) is 9.49. The van der Waals surface area contributed by atoms with Crippen molar-refractivity contribution in [2.45, 2.75) is 0 Å². The highest BCUT2D eigenvalue weighted by atomic mass is 16.3. The van der Waals surface area contributed by atoms with E-state index >= 15 is 0 Å². The Kier molecular flexibility index (Phi) is 6.38. The summed E-state index contributed by atoms with van der Waals surface area (Å²) in [5, 5.41) is -0.178. The highest BCUT2D eigenvalue weighted by molar-refractivity contribution is 6.04. The third-order valence-corrected chi connectivity index (χ3v) is 9.43. The first-order valence-electron chi connectivity index (χ1n) is 20.7. The van der Waals surface area contributed by atoms with E-state index < -0.39 is 30.3 Å². The molecule has 0 unspecified atom stereocenters. The number of benzene rings is 6. The second-order valence-electron chi connectivity index (χ2n) is 12.5. The summed E-state index contributed by atoms with van der Waals surface area (Å²) >= 11 is 0. The maximum atomic E-state index is 9.06. The van der Waals surface area contributed by atoms with Gasteiger partial charge in [0.25, 0.3) is 0 Å². The minimum absolute atomic E-state index is 0.0123. The quantitative estimate of drug-likeness (QED) is 0.149. The van der Waals surface area contributed by atoms with Crippen LogP contribution < -0.4 is 0 Å². The van der Waals surface area contributed by atoms with Crippen molar-refractivity contribution < 1.29 is 14.0 Å². The molecule has 0 bridgehead atoms. The van der Waals surface area contributed by atoms with Crippen molar-refractivity contribution >= 4 is 34.0 Å². The van der Waals surface area contributed by atoms with Crippen LogP contribution in [0.15, 0.2) is 187 Å². The van der Waals surface area contributed by atoms with E-state index in [1.165, 1.54) is 0 Å². The van der Waals surface area contributed by atoms with Gasteiger partial charge >= 0.3 is 0 Å². The van der Waals surface area contributed by atoms with E-state index in [1.54, 1.807) is 12.2 Å². The van der Waals surface area contributed by atoms with E-state index in [0.717, 1.165) is 61.6 Å². The Labute approximate surface area is 318 Å². The monoisotopic (exact) mass is 685 g/mol. The van der Waals surface area contributed by atoms with Crippen LogP contribution in [0.4, 0.5) is 0 Å². The Morgan fingerprint density at radius 1 is 0.491 bits per heavy atom. The molecule has 0 radical (unpaired) electrons. The molecule has 9 aromatic rings. The molecule has 6 aromatic carbocycles. The van der Waals surface area contributed by atoms with Crippen LogP contribution in [-0.4, -0.2) is 9.97 Å². The molecule has 0 aliphatic heterocycles. The van der Waals surface area contributed by atoms with E-state index in [1.807, 2.05) is 66.7 Å². The third-order valence-electron chi connectivity index (χ3n) is 9.43. The molecule has 0 amide bonds. The lowest BCUT2D eigenvalue weighted by molar-refractivity contribution is 0.599. The number of furan rings is 1. The molecule has 53 heavy (non-hydrogen) atoms. The molecule has 0 aliphatic carbocycles. The Hall–Kier alpha value is -7.10. The maximum absolute atomic E-state index is 9.06. The van der Waals surface area contributed by atoms with Gasteiger partial charge in [0, 0.05) is 44.8 Å². The molecule has 0 saturated heterocycles. The highest BCUT2D eigenvalue weighted by Crippen LogP contribution is 2.49. The molecule has 3 heterocycles. The molecule has 0 saturated carbocycles. The van der Waals surface area contributed by atoms with Crippen LogP contribution in [0.25, 0.3) is 101 Å². The molecule has 250 valence electrons. The molecule has 0 N–H and O–H groups in total. The van der Waals surface area contributed by atoms with Gasteiger partial charge in [0.2, 0.25) is 0 Å². The molecule has 0 spiro atoms. The fraction of sp³-hybridized carbons (Fsp3) is 0. The van der Waals surface area contributed by atoms with Gasteiger partial charge in [0.1, 0.15) is 11.5 Å². The first-order valence-corrected chi connectivity index (χ1v) is 17.2. The molecular formula is C50H34N2O. The standard InChI is InChI=1S/C50H34N2O/c1-3-40-41(4-2)43(44-31-28-37-27-26-36-21-14-32-51-47(36)48(37)52-44)30-29-42(40)33-22-24-35(25-23-33)46-45(34-15-8-5-9-16-34)49(38-17-10-6-11-18-38)53-50(46)39-19-12-7-13-20-39/h3-32H,1-2H2/i14D,21D,26D,27D,28D,31D,32D. The lowest BCUT2D eigenvalue weighted by Crippen LogP contribution is -1.95. The van der Waals surface area contributed by atoms with Crippen molar-refractivity contribution in [3.05, 3.63) is 194 Å². The molecule has 3 nitrogen and oxygen atoms in total. The summed E-state index contributed by atoms with van der Waals surface area (Å²) in [6.07, 6.45) is 2.89. The zero-order valence-electron chi connectivity index (χ0n) is 35.5. The second-order valence-corrected chi connectivity index (χ2v) is 12.5. The van der Waals surface area contributed by atoms with Crippen LogP contribution in [0, 0.1) is 0 Å². The minimum atomic E-state index is -0.483. The van der Waals surface area contributed by atoms with Gasteiger partial charge < -0.3 is 4.42 Å². The summed E-state index contributed by atoms with van der Waals surface area (Å²) in [6, 6.07) is 40.2. The van der Waals surface area contributed by atoms with E-state index in [0.29, 0.717) is 11.1 Å². The molecule has 0 fully saturated rings. The summed E-state index contributed by atoms with van der Waals surface area (Å²) in [5.74, 6) is 1.53. The fourth-order valence-corrected chi connectivity index (χ4v) is 6.97. The number of hydrogen-bond acceptors (Lipinski definition) is 3. The van der Waals surface area contributed by atoms with E-state index in [-0.39, 0.29) is 39.6 Å². The van der Waals surface area contributed by atoms with Crippen molar-refractivity contribution in [1.82, 2.24) is 9.97 Å². The first kappa shape index (κ1) is 25.0. The van der Waals surface area contributed by atoms with Gasteiger partial charge in [-0.05, 0) is 45.5 Å².